The van der Waals surface area contributed by atoms with E-state index in [0.29, 0.717) is 23.9 Å². The molecule has 118 valence electrons. The molecule has 2 rings (SSSR count). The van der Waals surface area contributed by atoms with Crippen LogP contribution in [0.3, 0.4) is 0 Å². The first-order chi connectivity index (χ1) is 9.97. The summed E-state index contributed by atoms with van der Waals surface area (Å²) in [6, 6.07) is 8.10. The van der Waals surface area contributed by atoms with E-state index in [1.807, 2.05) is 12.1 Å². The highest BCUT2D eigenvalue weighted by Gasteiger charge is 2.30. The van der Waals surface area contributed by atoms with Gasteiger partial charge in [-0.05, 0) is 36.0 Å². The molecule has 1 heterocycles. The third-order valence-corrected chi connectivity index (χ3v) is 4.66. The molecule has 1 fully saturated rings. The molecule has 3 heteroatoms. The Bertz CT molecular complexity index is 427. The van der Waals surface area contributed by atoms with Gasteiger partial charge in [-0.25, -0.2) is 4.39 Å². The summed E-state index contributed by atoms with van der Waals surface area (Å²) in [5, 5.41) is 3.69. The Labute approximate surface area is 128 Å². The first-order valence-electron chi connectivity index (χ1n) is 8.19. The van der Waals surface area contributed by atoms with Crippen molar-refractivity contribution in [2.75, 3.05) is 19.6 Å². The number of nitrogens with zero attached hydrogens (tertiary/aromatic N) is 1. The highest BCUT2D eigenvalue weighted by Crippen LogP contribution is 2.19. The van der Waals surface area contributed by atoms with Gasteiger partial charge < -0.3 is 5.32 Å². The van der Waals surface area contributed by atoms with Gasteiger partial charge in [0.25, 0.3) is 0 Å². The van der Waals surface area contributed by atoms with Crippen molar-refractivity contribution in [3.8, 4) is 0 Å². The second kappa shape index (κ2) is 7.37. The molecule has 0 radical (unpaired) electrons. The first-order valence-corrected chi connectivity index (χ1v) is 8.19. The predicted molar refractivity (Wildman–Crippen MR) is 86.9 cm³/mol. The molecule has 2 nitrogen and oxygen atoms in total. The lowest BCUT2D eigenvalue weighted by atomic mass is 9.94. The molecule has 1 aliphatic rings. The molecule has 21 heavy (non-hydrogen) atoms. The van der Waals surface area contributed by atoms with Crippen molar-refractivity contribution in [1.29, 1.82) is 0 Å². The largest absolute Gasteiger partial charge is 0.311 e. The van der Waals surface area contributed by atoms with Gasteiger partial charge in [0.05, 0.1) is 0 Å². The summed E-state index contributed by atoms with van der Waals surface area (Å²) in [5.74, 6) is 1.16. The third kappa shape index (κ3) is 4.52. The van der Waals surface area contributed by atoms with Crippen molar-refractivity contribution in [3.05, 3.63) is 35.6 Å². The number of hydrogen-bond acceptors (Lipinski definition) is 2. The van der Waals surface area contributed by atoms with Gasteiger partial charge in [0, 0.05) is 31.7 Å². The van der Waals surface area contributed by atoms with Crippen LogP contribution in [0, 0.1) is 17.7 Å². The predicted octanol–water partition coefficient (Wildman–Crippen LogP) is 3.32. The van der Waals surface area contributed by atoms with E-state index >= 15 is 0 Å². The van der Waals surface area contributed by atoms with Crippen LogP contribution in [0.5, 0.6) is 0 Å². The monoisotopic (exact) mass is 292 g/mol. The van der Waals surface area contributed by atoms with Crippen LogP contribution in [0.1, 0.15) is 33.3 Å². The molecular formula is C18H29FN2. The second-order valence-corrected chi connectivity index (χ2v) is 6.94. The molecule has 1 aromatic carbocycles. The zero-order valence-electron chi connectivity index (χ0n) is 13.8. The molecular weight excluding hydrogens is 263 g/mol. The topological polar surface area (TPSA) is 15.3 Å². The number of halogens is 1. The van der Waals surface area contributed by atoms with Crippen molar-refractivity contribution >= 4 is 0 Å². The number of piperazine rings is 1. The van der Waals surface area contributed by atoms with Crippen LogP contribution in [0.2, 0.25) is 0 Å². The first kappa shape index (κ1) is 16.4. The minimum Gasteiger partial charge on any atom is -0.311 e. The fourth-order valence-corrected chi connectivity index (χ4v) is 3.14. The molecule has 1 N–H and O–H groups in total. The Morgan fingerprint density at radius 2 is 1.81 bits per heavy atom. The number of rotatable bonds is 5. The van der Waals surface area contributed by atoms with Crippen molar-refractivity contribution in [1.82, 2.24) is 10.2 Å². The third-order valence-electron chi connectivity index (χ3n) is 4.66. The van der Waals surface area contributed by atoms with Crippen LogP contribution in [0.15, 0.2) is 24.3 Å². The maximum Gasteiger partial charge on any atom is 0.123 e. The summed E-state index contributed by atoms with van der Waals surface area (Å²) >= 11 is 0. The lowest BCUT2D eigenvalue weighted by molar-refractivity contribution is 0.0864. The highest BCUT2D eigenvalue weighted by molar-refractivity contribution is 5.16. The van der Waals surface area contributed by atoms with Crippen molar-refractivity contribution in [2.24, 2.45) is 11.8 Å². The summed E-state index contributed by atoms with van der Waals surface area (Å²) in [4.78, 5) is 2.62. The van der Waals surface area contributed by atoms with Crippen LogP contribution in [0.4, 0.5) is 4.39 Å². The SMILES string of the molecule is CC(C)C1CN(CCc2ccc(F)cc2)C(C(C)C)CN1. The lowest BCUT2D eigenvalue weighted by Gasteiger charge is -2.43. The zero-order chi connectivity index (χ0) is 15.4. The molecule has 1 aliphatic heterocycles. The fourth-order valence-electron chi connectivity index (χ4n) is 3.14. The van der Waals surface area contributed by atoms with E-state index in [0.717, 1.165) is 26.1 Å². The van der Waals surface area contributed by atoms with Gasteiger partial charge in [-0.2, -0.15) is 0 Å². The summed E-state index contributed by atoms with van der Waals surface area (Å²) < 4.78 is 13.0. The molecule has 2 atom stereocenters. The minimum absolute atomic E-state index is 0.152. The average molecular weight is 292 g/mol. The van der Waals surface area contributed by atoms with E-state index in [1.165, 1.54) is 5.56 Å². The van der Waals surface area contributed by atoms with Crippen LogP contribution < -0.4 is 5.32 Å². The Kier molecular flexibility index (Phi) is 5.77. The van der Waals surface area contributed by atoms with E-state index in [1.54, 1.807) is 12.1 Å². The smallest absolute Gasteiger partial charge is 0.123 e. The maximum atomic E-state index is 13.0. The standard InChI is InChI=1S/C18H29FN2/c1-13(2)17-12-21(18(11-20-17)14(3)4)10-9-15-5-7-16(19)8-6-15/h5-8,13-14,17-18,20H,9-12H2,1-4H3. The van der Waals surface area contributed by atoms with Crippen LogP contribution in [-0.4, -0.2) is 36.6 Å². The molecule has 0 aromatic heterocycles. The van der Waals surface area contributed by atoms with Crippen molar-refractivity contribution < 1.29 is 4.39 Å². The molecule has 0 bridgehead atoms. The van der Waals surface area contributed by atoms with Gasteiger partial charge in [0.1, 0.15) is 5.82 Å². The van der Waals surface area contributed by atoms with Crippen LogP contribution >= 0.6 is 0 Å². The molecule has 0 amide bonds. The lowest BCUT2D eigenvalue weighted by Crippen LogP contribution is -2.59. The van der Waals surface area contributed by atoms with Crippen LogP contribution in [-0.2, 0) is 6.42 Å². The molecule has 0 spiro atoms. The van der Waals surface area contributed by atoms with E-state index in [-0.39, 0.29) is 5.82 Å². The Morgan fingerprint density at radius 1 is 1.14 bits per heavy atom. The zero-order valence-corrected chi connectivity index (χ0v) is 13.8. The Hall–Kier alpha value is -0.930. The van der Waals surface area contributed by atoms with Crippen molar-refractivity contribution in [3.63, 3.8) is 0 Å². The van der Waals surface area contributed by atoms with Gasteiger partial charge in [-0.15, -0.1) is 0 Å². The van der Waals surface area contributed by atoms with E-state index in [2.05, 4.69) is 37.9 Å². The maximum absolute atomic E-state index is 13.0. The number of hydrogen-bond donors (Lipinski definition) is 1. The minimum atomic E-state index is -0.152. The van der Waals surface area contributed by atoms with Gasteiger partial charge in [0.2, 0.25) is 0 Å². The fraction of sp³-hybridized carbons (Fsp3) is 0.667. The van der Waals surface area contributed by atoms with E-state index < -0.39 is 0 Å². The molecule has 1 saturated heterocycles. The van der Waals surface area contributed by atoms with Crippen molar-refractivity contribution in [2.45, 2.75) is 46.2 Å². The molecule has 0 saturated carbocycles. The van der Waals surface area contributed by atoms with Gasteiger partial charge in [-0.1, -0.05) is 39.8 Å². The molecule has 1 aromatic rings. The summed E-state index contributed by atoms with van der Waals surface area (Å²) in [6.45, 7) is 12.4. The normalized spacial score (nSPS) is 24.0. The van der Waals surface area contributed by atoms with E-state index in [4.69, 9.17) is 0 Å². The summed E-state index contributed by atoms with van der Waals surface area (Å²) in [5.41, 5.74) is 1.22. The number of benzene rings is 1. The van der Waals surface area contributed by atoms with E-state index in [9.17, 15) is 4.39 Å². The second-order valence-electron chi connectivity index (χ2n) is 6.94. The summed E-state index contributed by atoms with van der Waals surface area (Å²) in [7, 11) is 0. The highest BCUT2D eigenvalue weighted by atomic mass is 19.1. The van der Waals surface area contributed by atoms with Gasteiger partial charge >= 0.3 is 0 Å². The molecule has 0 aliphatic carbocycles. The Balaban J connectivity index is 1.97. The molecule has 2 unspecified atom stereocenters. The van der Waals surface area contributed by atoms with Gasteiger partial charge in [0.15, 0.2) is 0 Å². The van der Waals surface area contributed by atoms with Gasteiger partial charge in [-0.3, -0.25) is 4.90 Å². The summed E-state index contributed by atoms with van der Waals surface area (Å²) in [6.07, 6.45) is 0.994. The Morgan fingerprint density at radius 3 is 2.38 bits per heavy atom. The average Bonchev–Trinajstić information content (AvgIpc) is 2.46. The van der Waals surface area contributed by atoms with Crippen LogP contribution in [0.25, 0.3) is 0 Å². The number of nitrogens with one attached hydrogen (secondary N) is 1. The quantitative estimate of drug-likeness (QED) is 0.895.